The monoisotopic (exact) mass is 542 g/mol. The molecule has 0 saturated heterocycles. The molecule has 9 heteroatoms. The molecule has 2 aromatic carbocycles. The van der Waals surface area contributed by atoms with Crippen LogP contribution in [0.1, 0.15) is 61.5 Å². The number of allylic oxidation sites excluding steroid dienone is 6. The summed E-state index contributed by atoms with van der Waals surface area (Å²) in [6, 6.07) is 3.22. The molecule has 0 radical (unpaired) electrons. The van der Waals surface area contributed by atoms with Crippen molar-refractivity contribution >= 4 is 5.57 Å². The van der Waals surface area contributed by atoms with Gasteiger partial charge in [-0.1, -0.05) is 44.2 Å². The summed E-state index contributed by atoms with van der Waals surface area (Å²) < 4.78 is 124. The molecule has 0 spiro atoms. The molecule has 2 unspecified atom stereocenters. The number of ether oxygens (including phenoxy) is 1. The molecule has 2 aromatic rings. The van der Waals surface area contributed by atoms with Gasteiger partial charge in [-0.25, -0.2) is 22.0 Å². The van der Waals surface area contributed by atoms with E-state index < -0.39 is 64.2 Å². The molecule has 0 amide bonds. The minimum absolute atomic E-state index is 0.0563. The molecule has 0 aromatic heterocycles. The lowest BCUT2D eigenvalue weighted by atomic mass is 9.78. The van der Waals surface area contributed by atoms with Gasteiger partial charge in [-0.15, -0.1) is 6.58 Å². The smallest absolute Gasteiger partial charge is 0.426 e. The lowest BCUT2D eigenvalue weighted by molar-refractivity contribution is -0.189. The van der Waals surface area contributed by atoms with Crippen LogP contribution in [0.4, 0.5) is 35.1 Å². The van der Waals surface area contributed by atoms with Crippen molar-refractivity contribution in [2.75, 3.05) is 0 Å². The van der Waals surface area contributed by atoms with E-state index in [0.717, 1.165) is 18.2 Å². The summed E-state index contributed by atoms with van der Waals surface area (Å²) in [7, 11) is 0. The lowest BCUT2D eigenvalue weighted by Crippen LogP contribution is -2.28. The van der Waals surface area contributed by atoms with Crippen LogP contribution in [-0.4, -0.2) is 6.17 Å². The minimum Gasteiger partial charge on any atom is -0.426 e. The number of fused-ring (bicyclic) bond motifs is 1. The fraction of sp³-hybridized carbons (Fsp3) is 0.310. The van der Waals surface area contributed by atoms with Crippen molar-refractivity contribution in [3.63, 3.8) is 0 Å². The van der Waals surface area contributed by atoms with Crippen LogP contribution < -0.4 is 4.74 Å². The Bertz CT molecular complexity index is 1310. The topological polar surface area (TPSA) is 9.23 Å². The van der Waals surface area contributed by atoms with Crippen LogP contribution in [0.15, 0.2) is 66.5 Å². The van der Waals surface area contributed by atoms with Crippen molar-refractivity contribution in [3.8, 4) is 5.75 Å². The first-order valence-electron chi connectivity index (χ1n) is 11.9. The standard InChI is InChI=1S/C29H26F8O/c1-5-8-10-16-11-14-20(26(33)24(16)31)38-29(36,37)19-13-12-18-17(7-3)21(23(30)15(4)9-6-2)27(34)28(35)22(18)25(19)32/h5,7,11-14,27-28H,1,4,6,8-10H2,2-3H3/b17-7-,23-21-. The first kappa shape index (κ1) is 29.2. The fourth-order valence-corrected chi connectivity index (χ4v) is 4.36. The highest BCUT2D eigenvalue weighted by Crippen LogP contribution is 2.49. The normalized spacial score (nSPS) is 19.8. The molecule has 0 saturated carbocycles. The second-order valence-electron chi connectivity index (χ2n) is 8.77. The highest BCUT2D eigenvalue weighted by Gasteiger charge is 2.46. The predicted octanol–water partition coefficient (Wildman–Crippen LogP) is 9.70. The zero-order chi connectivity index (χ0) is 28.4. The van der Waals surface area contributed by atoms with Crippen LogP contribution in [0.5, 0.6) is 5.75 Å². The summed E-state index contributed by atoms with van der Waals surface area (Å²) in [5.41, 5.74) is -4.00. The van der Waals surface area contributed by atoms with Gasteiger partial charge in [0, 0.05) is 11.1 Å². The average Bonchev–Trinajstić information content (AvgIpc) is 2.87. The molecule has 0 N–H and O–H groups in total. The Morgan fingerprint density at radius 1 is 1.03 bits per heavy atom. The predicted molar refractivity (Wildman–Crippen MR) is 130 cm³/mol. The molecule has 0 heterocycles. The maximum atomic E-state index is 15.4. The zero-order valence-electron chi connectivity index (χ0n) is 20.8. The Morgan fingerprint density at radius 2 is 1.71 bits per heavy atom. The molecule has 1 nitrogen and oxygen atoms in total. The van der Waals surface area contributed by atoms with Crippen molar-refractivity contribution in [3.05, 3.63) is 106 Å². The number of benzene rings is 2. The maximum Gasteiger partial charge on any atom is 0.429 e. The Balaban J connectivity index is 2.07. The lowest BCUT2D eigenvalue weighted by Gasteiger charge is -2.31. The van der Waals surface area contributed by atoms with Gasteiger partial charge in [-0.05, 0) is 60.6 Å². The molecule has 1 aliphatic rings. The molecule has 2 atom stereocenters. The maximum absolute atomic E-state index is 15.4. The SMILES string of the molecule is C=CCCc1ccc(OC(F)(F)c2ccc3c(c2F)C(F)C(F)C(=C(\F)C(=C)CCC)/C3=C\C)c(F)c1F. The summed E-state index contributed by atoms with van der Waals surface area (Å²) in [6.45, 7) is 10.1. The van der Waals surface area contributed by atoms with E-state index in [2.05, 4.69) is 17.9 Å². The van der Waals surface area contributed by atoms with Gasteiger partial charge in [0.25, 0.3) is 0 Å². The van der Waals surface area contributed by atoms with Gasteiger partial charge in [0.05, 0.1) is 0 Å². The minimum atomic E-state index is -4.60. The van der Waals surface area contributed by atoms with E-state index in [4.69, 9.17) is 0 Å². The number of hydrogen-bond donors (Lipinski definition) is 0. The molecule has 3 rings (SSSR count). The van der Waals surface area contributed by atoms with E-state index in [-0.39, 0.29) is 35.1 Å². The summed E-state index contributed by atoms with van der Waals surface area (Å²) in [4.78, 5) is 0. The third-order valence-electron chi connectivity index (χ3n) is 6.25. The number of halogens is 8. The van der Waals surface area contributed by atoms with Gasteiger partial charge >= 0.3 is 6.11 Å². The summed E-state index contributed by atoms with van der Waals surface area (Å²) in [6.07, 6.45) is -6.48. The number of alkyl halides is 4. The van der Waals surface area contributed by atoms with E-state index in [1.807, 2.05) is 0 Å². The zero-order valence-corrected chi connectivity index (χ0v) is 20.8. The quantitative estimate of drug-likeness (QED) is 0.226. The summed E-state index contributed by atoms with van der Waals surface area (Å²) >= 11 is 0. The highest BCUT2D eigenvalue weighted by molar-refractivity contribution is 5.85. The van der Waals surface area contributed by atoms with E-state index in [9.17, 15) is 8.78 Å². The van der Waals surface area contributed by atoms with Crippen LogP contribution in [0, 0.1) is 17.5 Å². The van der Waals surface area contributed by atoms with E-state index >= 15 is 26.3 Å². The third kappa shape index (κ3) is 5.28. The van der Waals surface area contributed by atoms with Gasteiger partial charge in [0.2, 0.25) is 5.82 Å². The number of rotatable bonds is 9. The Labute approximate surface area is 215 Å². The highest BCUT2D eigenvalue weighted by atomic mass is 19.3. The largest absolute Gasteiger partial charge is 0.429 e. The Morgan fingerprint density at radius 3 is 2.32 bits per heavy atom. The molecular formula is C29H26F8O. The molecular weight excluding hydrogens is 516 g/mol. The van der Waals surface area contributed by atoms with Gasteiger partial charge in [-0.2, -0.15) is 13.2 Å². The van der Waals surface area contributed by atoms with Crippen LogP contribution in [-0.2, 0) is 12.5 Å². The summed E-state index contributed by atoms with van der Waals surface area (Å²) in [5, 5.41) is 0. The van der Waals surface area contributed by atoms with Crippen LogP contribution in [0.2, 0.25) is 0 Å². The van der Waals surface area contributed by atoms with Crippen LogP contribution in [0.25, 0.3) is 5.57 Å². The number of aryl methyl sites for hydroxylation is 1. The molecule has 0 bridgehead atoms. The third-order valence-corrected chi connectivity index (χ3v) is 6.25. The Hall–Kier alpha value is -3.36. The fourth-order valence-electron chi connectivity index (χ4n) is 4.36. The van der Waals surface area contributed by atoms with Crippen LogP contribution >= 0.6 is 0 Å². The van der Waals surface area contributed by atoms with Gasteiger partial charge < -0.3 is 4.74 Å². The molecule has 0 fully saturated rings. The summed E-state index contributed by atoms with van der Waals surface area (Å²) in [5.74, 6) is -7.28. The molecule has 1 aliphatic carbocycles. The van der Waals surface area contributed by atoms with Crippen molar-refractivity contribution < 1.29 is 39.9 Å². The van der Waals surface area contributed by atoms with Crippen molar-refractivity contribution in [1.82, 2.24) is 0 Å². The second kappa shape index (κ2) is 11.6. The molecule has 38 heavy (non-hydrogen) atoms. The van der Waals surface area contributed by atoms with E-state index in [0.29, 0.717) is 18.9 Å². The Kier molecular flexibility index (Phi) is 8.90. The van der Waals surface area contributed by atoms with E-state index in [1.54, 1.807) is 6.92 Å². The van der Waals surface area contributed by atoms with Gasteiger partial charge in [-0.3, -0.25) is 0 Å². The molecule has 0 aliphatic heterocycles. The first-order chi connectivity index (χ1) is 17.9. The van der Waals surface area contributed by atoms with Crippen molar-refractivity contribution in [2.45, 2.75) is 58.0 Å². The number of hydrogen-bond acceptors (Lipinski definition) is 1. The first-order valence-corrected chi connectivity index (χ1v) is 11.9. The van der Waals surface area contributed by atoms with E-state index in [1.165, 1.54) is 19.1 Å². The average molecular weight is 543 g/mol. The molecule has 204 valence electrons. The van der Waals surface area contributed by atoms with Crippen LogP contribution in [0.3, 0.4) is 0 Å². The van der Waals surface area contributed by atoms with Crippen molar-refractivity contribution in [1.29, 1.82) is 0 Å². The van der Waals surface area contributed by atoms with Gasteiger partial charge in [0.15, 0.2) is 23.9 Å². The van der Waals surface area contributed by atoms with Crippen molar-refractivity contribution in [2.24, 2.45) is 0 Å². The second-order valence-corrected chi connectivity index (χ2v) is 8.77. The van der Waals surface area contributed by atoms with Gasteiger partial charge in [0.1, 0.15) is 17.2 Å².